The summed E-state index contributed by atoms with van der Waals surface area (Å²) in [7, 11) is 3.26. The van der Waals surface area contributed by atoms with Crippen molar-refractivity contribution in [1.82, 2.24) is 0 Å². The Kier molecular flexibility index (Phi) is 6.15. The van der Waals surface area contributed by atoms with Crippen molar-refractivity contribution < 1.29 is 9.47 Å². The van der Waals surface area contributed by atoms with Gasteiger partial charge in [0, 0.05) is 0 Å². The van der Waals surface area contributed by atoms with E-state index in [9.17, 15) is 0 Å². The average Bonchev–Trinajstić information content (AvgIpc) is 2.52. The molecule has 0 unspecified atom stereocenters. The van der Waals surface area contributed by atoms with E-state index in [1.807, 2.05) is 36.4 Å². The zero-order valence-electron chi connectivity index (χ0n) is 12.1. The van der Waals surface area contributed by atoms with Crippen LogP contribution in [0.4, 0.5) is 0 Å². The van der Waals surface area contributed by atoms with Gasteiger partial charge in [-0.05, 0) is 79.4 Å². The molecule has 0 spiro atoms. The summed E-state index contributed by atoms with van der Waals surface area (Å²) in [5.41, 5.74) is 1.86. The summed E-state index contributed by atoms with van der Waals surface area (Å²) in [5.74, 6) is 1.56. The first-order chi connectivity index (χ1) is 10.6. The molecular formula is C16H14Br2N2O2. The molecule has 0 saturated carbocycles. The van der Waals surface area contributed by atoms with Crippen LogP contribution in [0.2, 0.25) is 0 Å². The highest BCUT2D eigenvalue weighted by Crippen LogP contribution is 2.25. The van der Waals surface area contributed by atoms with Crippen LogP contribution in [0.1, 0.15) is 11.1 Å². The van der Waals surface area contributed by atoms with Crippen molar-refractivity contribution in [1.29, 1.82) is 0 Å². The molecule has 2 aromatic rings. The molecule has 22 heavy (non-hydrogen) atoms. The largest absolute Gasteiger partial charge is 0.496 e. The fraction of sp³-hybridized carbons (Fsp3) is 0.125. The Morgan fingerprint density at radius 3 is 1.50 bits per heavy atom. The number of ether oxygens (including phenoxy) is 2. The van der Waals surface area contributed by atoms with Crippen molar-refractivity contribution in [3.05, 3.63) is 56.5 Å². The van der Waals surface area contributed by atoms with Crippen LogP contribution in [0, 0.1) is 0 Å². The summed E-state index contributed by atoms with van der Waals surface area (Å²) in [5, 5.41) is 8.08. The van der Waals surface area contributed by atoms with Gasteiger partial charge < -0.3 is 9.47 Å². The Morgan fingerprint density at radius 1 is 0.773 bits per heavy atom. The fourth-order valence-electron chi connectivity index (χ4n) is 1.73. The topological polar surface area (TPSA) is 43.2 Å². The van der Waals surface area contributed by atoms with Crippen LogP contribution in [0.25, 0.3) is 0 Å². The van der Waals surface area contributed by atoms with Crippen molar-refractivity contribution >= 4 is 44.3 Å². The Morgan fingerprint density at radius 2 is 1.18 bits per heavy atom. The van der Waals surface area contributed by atoms with Gasteiger partial charge in [-0.3, -0.25) is 0 Å². The molecule has 2 rings (SSSR count). The predicted molar refractivity (Wildman–Crippen MR) is 96.6 cm³/mol. The third-order valence-electron chi connectivity index (χ3n) is 2.83. The Balaban J connectivity index is 2.05. The molecule has 0 atom stereocenters. The quantitative estimate of drug-likeness (QED) is 0.515. The molecule has 0 saturated heterocycles. The van der Waals surface area contributed by atoms with Crippen molar-refractivity contribution in [3.8, 4) is 11.5 Å². The average molecular weight is 426 g/mol. The molecular weight excluding hydrogens is 412 g/mol. The maximum absolute atomic E-state index is 5.18. The first kappa shape index (κ1) is 16.7. The van der Waals surface area contributed by atoms with Crippen LogP contribution in [-0.2, 0) is 0 Å². The molecule has 6 heteroatoms. The van der Waals surface area contributed by atoms with Gasteiger partial charge in [-0.15, -0.1) is 0 Å². The van der Waals surface area contributed by atoms with Crippen molar-refractivity contribution in [3.63, 3.8) is 0 Å². The minimum absolute atomic E-state index is 0.781. The second-order valence-corrected chi connectivity index (χ2v) is 5.99. The number of benzene rings is 2. The first-order valence-electron chi connectivity index (χ1n) is 6.37. The lowest BCUT2D eigenvalue weighted by Gasteiger charge is -2.03. The van der Waals surface area contributed by atoms with Gasteiger partial charge in [-0.25, -0.2) is 0 Å². The molecule has 4 nitrogen and oxygen atoms in total. The molecule has 0 amide bonds. The van der Waals surface area contributed by atoms with Crippen LogP contribution >= 0.6 is 31.9 Å². The van der Waals surface area contributed by atoms with E-state index in [1.54, 1.807) is 26.6 Å². The van der Waals surface area contributed by atoms with E-state index in [-0.39, 0.29) is 0 Å². The minimum Gasteiger partial charge on any atom is -0.496 e. The highest BCUT2D eigenvalue weighted by Gasteiger charge is 2.00. The van der Waals surface area contributed by atoms with E-state index in [1.165, 1.54) is 0 Å². The van der Waals surface area contributed by atoms with Gasteiger partial charge >= 0.3 is 0 Å². The highest BCUT2D eigenvalue weighted by atomic mass is 79.9. The number of halogens is 2. The van der Waals surface area contributed by atoms with Crippen molar-refractivity contribution in [2.75, 3.05) is 14.2 Å². The maximum Gasteiger partial charge on any atom is 0.133 e. The molecule has 0 bridgehead atoms. The molecule has 0 radical (unpaired) electrons. The van der Waals surface area contributed by atoms with Gasteiger partial charge in [0.25, 0.3) is 0 Å². The molecule has 0 aliphatic carbocycles. The second-order valence-electron chi connectivity index (χ2n) is 4.28. The normalized spacial score (nSPS) is 11.3. The standard InChI is InChI=1S/C16H14Br2N2O2/c1-21-15-5-3-11(7-13(15)17)9-19-20-10-12-4-6-16(22-2)14(18)8-12/h3-10H,1-2H3/b19-9+,20-10+. The van der Waals surface area contributed by atoms with Gasteiger partial charge in [-0.1, -0.05) is 0 Å². The molecule has 0 aliphatic rings. The fourth-order valence-corrected chi connectivity index (χ4v) is 2.84. The Labute approximate surface area is 146 Å². The Hall–Kier alpha value is -1.66. The summed E-state index contributed by atoms with van der Waals surface area (Å²) >= 11 is 6.86. The molecule has 0 heterocycles. The molecule has 2 aromatic carbocycles. The van der Waals surface area contributed by atoms with E-state index in [2.05, 4.69) is 42.1 Å². The van der Waals surface area contributed by atoms with Gasteiger partial charge in [0.2, 0.25) is 0 Å². The van der Waals surface area contributed by atoms with Crippen LogP contribution < -0.4 is 9.47 Å². The maximum atomic E-state index is 5.18. The summed E-state index contributed by atoms with van der Waals surface area (Å²) in [6.07, 6.45) is 3.36. The zero-order chi connectivity index (χ0) is 15.9. The summed E-state index contributed by atoms with van der Waals surface area (Å²) in [6, 6.07) is 11.4. The number of rotatable bonds is 5. The Bertz CT molecular complexity index is 654. The monoisotopic (exact) mass is 424 g/mol. The third-order valence-corrected chi connectivity index (χ3v) is 4.07. The first-order valence-corrected chi connectivity index (χ1v) is 7.96. The van der Waals surface area contributed by atoms with Crippen LogP contribution in [0.15, 0.2) is 55.5 Å². The minimum atomic E-state index is 0.781. The van der Waals surface area contributed by atoms with Gasteiger partial charge in [0.1, 0.15) is 11.5 Å². The van der Waals surface area contributed by atoms with Crippen molar-refractivity contribution in [2.24, 2.45) is 10.2 Å². The number of methoxy groups -OCH3 is 2. The van der Waals surface area contributed by atoms with E-state index >= 15 is 0 Å². The zero-order valence-corrected chi connectivity index (χ0v) is 15.3. The highest BCUT2D eigenvalue weighted by molar-refractivity contribution is 9.10. The summed E-state index contributed by atoms with van der Waals surface area (Å²) in [6.45, 7) is 0. The molecule has 0 aromatic heterocycles. The summed E-state index contributed by atoms with van der Waals surface area (Å²) in [4.78, 5) is 0. The van der Waals surface area contributed by atoms with Gasteiger partial charge in [0.05, 0.1) is 35.6 Å². The van der Waals surface area contributed by atoms with E-state index < -0.39 is 0 Å². The van der Waals surface area contributed by atoms with Crippen LogP contribution in [-0.4, -0.2) is 26.6 Å². The SMILES string of the molecule is COc1ccc(/C=N/N=C/c2ccc(OC)c(Br)c2)cc1Br. The number of hydrogen-bond donors (Lipinski definition) is 0. The molecule has 0 fully saturated rings. The smallest absolute Gasteiger partial charge is 0.133 e. The van der Waals surface area contributed by atoms with Gasteiger partial charge in [-0.2, -0.15) is 10.2 Å². The molecule has 114 valence electrons. The van der Waals surface area contributed by atoms with Crippen LogP contribution in [0.5, 0.6) is 11.5 Å². The number of hydrogen-bond acceptors (Lipinski definition) is 4. The number of nitrogens with zero attached hydrogens (tertiary/aromatic N) is 2. The lowest BCUT2D eigenvalue weighted by Crippen LogP contribution is -1.87. The second kappa shape index (κ2) is 8.10. The summed E-state index contributed by atoms with van der Waals surface area (Å²) < 4.78 is 12.1. The van der Waals surface area contributed by atoms with E-state index in [0.29, 0.717) is 0 Å². The third kappa shape index (κ3) is 4.42. The van der Waals surface area contributed by atoms with Gasteiger partial charge in [0.15, 0.2) is 0 Å². The lowest BCUT2D eigenvalue weighted by atomic mass is 10.2. The van der Waals surface area contributed by atoms with Crippen molar-refractivity contribution in [2.45, 2.75) is 0 Å². The lowest BCUT2D eigenvalue weighted by molar-refractivity contribution is 0.412. The predicted octanol–water partition coefficient (Wildman–Crippen LogP) is 4.68. The molecule has 0 N–H and O–H groups in total. The van der Waals surface area contributed by atoms with Crippen LogP contribution in [0.3, 0.4) is 0 Å². The van der Waals surface area contributed by atoms with E-state index in [4.69, 9.17) is 9.47 Å². The van der Waals surface area contributed by atoms with E-state index in [0.717, 1.165) is 31.6 Å². The molecule has 0 aliphatic heterocycles.